The Balaban J connectivity index is 1.06. The summed E-state index contributed by atoms with van der Waals surface area (Å²) in [5, 5.41) is 0. The lowest BCUT2D eigenvalue weighted by molar-refractivity contribution is 0.768. The van der Waals surface area contributed by atoms with E-state index in [9.17, 15) is 0 Å². The van der Waals surface area contributed by atoms with E-state index in [0.717, 1.165) is 50.1 Å². The predicted octanol–water partition coefficient (Wildman–Crippen LogP) is 15.9. The molecule has 1 aliphatic carbocycles. The summed E-state index contributed by atoms with van der Waals surface area (Å²) < 4.78 is 0. The third-order valence-electron chi connectivity index (χ3n) is 13.2. The van der Waals surface area contributed by atoms with E-state index in [-0.39, 0.29) is 0 Å². The Kier molecular flexibility index (Phi) is 10.1. The highest BCUT2D eigenvalue weighted by Gasteiger charge is 2.46. The average molecular weight is 854 g/mol. The van der Waals surface area contributed by atoms with Gasteiger partial charge in [-0.1, -0.05) is 243 Å². The van der Waals surface area contributed by atoms with Crippen molar-refractivity contribution in [2.45, 2.75) is 5.41 Å². The number of aromatic nitrogens is 3. The Morgan fingerprint density at radius 2 is 0.582 bits per heavy atom. The van der Waals surface area contributed by atoms with Crippen molar-refractivity contribution < 1.29 is 0 Å². The van der Waals surface area contributed by atoms with Crippen LogP contribution in [0.4, 0.5) is 0 Å². The van der Waals surface area contributed by atoms with E-state index in [4.69, 9.17) is 15.0 Å². The van der Waals surface area contributed by atoms with Crippen LogP contribution < -0.4 is 0 Å². The van der Waals surface area contributed by atoms with E-state index in [1.54, 1.807) is 0 Å². The second kappa shape index (κ2) is 17.0. The molecule has 1 heterocycles. The molecule has 10 aromatic carbocycles. The second-order valence-electron chi connectivity index (χ2n) is 17.1. The largest absolute Gasteiger partial charge is 0.208 e. The highest BCUT2D eigenvalue weighted by atomic mass is 15.0. The Morgan fingerprint density at radius 3 is 1.10 bits per heavy atom. The van der Waals surface area contributed by atoms with Crippen LogP contribution in [-0.2, 0) is 5.41 Å². The maximum atomic E-state index is 5.05. The van der Waals surface area contributed by atoms with Gasteiger partial charge in [-0.05, 0) is 96.1 Å². The molecule has 0 saturated heterocycles. The molecule has 3 heteroatoms. The second-order valence-corrected chi connectivity index (χ2v) is 17.1. The fraction of sp³-hybridized carbons (Fsp3) is 0.0156. The number of rotatable bonds is 9. The lowest BCUT2D eigenvalue weighted by Gasteiger charge is -2.34. The molecule has 3 nitrogen and oxygen atoms in total. The standard InChI is InChI=1S/C64H43N3/c1-7-21-44(22-8-1)51-42-55(45-35-37-49(38-36-45)63-66-61(47-25-11-3-12-26-47)65-62(67-63)48-27-13-4-14-28-48)60(46-23-9-2-10-24-46)56(43-51)50-39-40-59-57(41-50)54-33-19-20-34-58(54)64(59,52-29-15-5-16-30-52)53-31-17-6-18-32-53/h1-43H. The Morgan fingerprint density at radius 1 is 0.224 bits per heavy atom. The molecule has 12 rings (SSSR count). The molecule has 0 N–H and O–H groups in total. The summed E-state index contributed by atoms with van der Waals surface area (Å²) in [6.07, 6.45) is 0. The van der Waals surface area contributed by atoms with Gasteiger partial charge in [-0.15, -0.1) is 0 Å². The minimum Gasteiger partial charge on any atom is -0.208 e. The van der Waals surface area contributed by atoms with Crippen LogP contribution in [0.2, 0.25) is 0 Å². The molecule has 1 aliphatic rings. The van der Waals surface area contributed by atoms with Crippen molar-refractivity contribution in [1.82, 2.24) is 15.0 Å². The van der Waals surface area contributed by atoms with Gasteiger partial charge >= 0.3 is 0 Å². The summed E-state index contributed by atoms with van der Waals surface area (Å²) in [5.74, 6) is 1.91. The van der Waals surface area contributed by atoms with Crippen LogP contribution in [-0.4, -0.2) is 15.0 Å². The van der Waals surface area contributed by atoms with Gasteiger partial charge in [0.05, 0.1) is 5.41 Å². The van der Waals surface area contributed by atoms with Crippen molar-refractivity contribution in [3.05, 3.63) is 283 Å². The first-order valence-electron chi connectivity index (χ1n) is 22.8. The number of nitrogens with zero attached hydrogens (tertiary/aromatic N) is 3. The highest BCUT2D eigenvalue weighted by Crippen LogP contribution is 2.57. The first-order chi connectivity index (χ1) is 33.2. The molecule has 0 fully saturated rings. The molecule has 0 amide bonds. The maximum Gasteiger partial charge on any atom is 0.164 e. The van der Waals surface area contributed by atoms with Gasteiger partial charge in [0.2, 0.25) is 0 Å². The minimum atomic E-state index is -0.476. The molecule has 0 atom stereocenters. The van der Waals surface area contributed by atoms with Gasteiger partial charge in [0.25, 0.3) is 0 Å². The van der Waals surface area contributed by atoms with Crippen LogP contribution in [0.25, 0.3) is 89.8 Å². The van der Waals surface area contributed by atoms with Crippen molar-refractivity contribution in [3.8, 4) is 89.8 Å². The lowest BCUT2D eigenvalue weighted by atomic mass is 9.67. The van der Waals surface area contributed by atoms with Crippen LogP contribution in [0.15, 0.2) is 261 Å². The quantitative estimate of drug-likeness (QED) is 0.145. The smallest absolute Gasteiger partial charge is 0.164 e. The van der Waals surface area contributed by atoms with Crippen LogP contribution >= 0.6 is 0 Å². The van der Waals surface area contributed by atoms with Gasteiger partial charge in [0, 0.05) is 16.7 Å². The third kappa shape index (κ3) is 7.06. The van der Waals surface area contributed by atoms with Gasteiger partial charge in [0.1, 0.15) is 0 Å². The van der Waals surface area contributed by atoms with E-state index < -0.39 is 5.41 Å². The molecule has 67 heavy (non-hydrogen) atoms. The zero-order valence-corrected chi connectivity index (χ0v) is 36.7. The number of hydrogen-bond acceptors (Lipinski definition) is 3. The molecule has 1 aromatic heterocycles. The molecule has 314 valence electrons. The topological polar surface area (TPSA) is 38.7 Å². The summed E-state index contributed by atoms with van der Waals surface area (Å²) in [4.78, 5) is 15.0. The lowest BCUT2D eigenvalue weighted by Crippen LogP contribution is -2.28. The zero-order chi connectivity index (χ0) is 44.6. The molecular formula is C64H43N3. The van der Waals surface area contributed by atoms with Gasteiger partial charge in [-0.25, -0.2) is 15.0 Å². The first kappa shape index (κ1) is 39.8. The zero-order valence-electron chi connectivity index (χ0n) is 36.7. The molecular weight excluding hydrogens is 811 g/mol. The van der Waals surface area contributed by atoms with Crippen molar-refractivity contribution in [2.24, 2.45) is 0 Å². The average Bonchev–Trinajstić information content (AvgIpc) is 3.72. The monoisotopic (exact) mass is 853 g/mol. The summed E-state index contributed by atoms with van der Waals surface area (Å²) >= 11 is 0. The van der Waals surface area contributed by atoms with Crippen molar-refractivity contribution in [1.29, 1.82) is 0 Å². The minimum absolute atomic E-state index is 0.476. The van der Waals surface area contributed by atoms with E-state index in [2.05, 4.69) is 200 Å². The molecule has 0 bridgehead atoms. The van der Waals surface area contributed by atoms with Crippen LogP contribution in [0, 0.1) is 0 Å². The van der Waals surface area contributed by atoms with E-state index in [1.807, 2.05) is 60.7 Å². The molecule has 0 radical (unpaired) electrons. The highest BCUT2D eigenvalue weighted by molar-refractivity contribution is 5.99. The Hall–Kier alpha value is -8.79. The number of benzene rings is 10. The Labute approximate surface area is 391 Å². The van der Waals surface area contributed by atoms with Gasteiger partial charge < -0.3 is 0 Å². The van der Waals surface area contributed by atoms with Crippen molar-refractivity contribution in [2.75, 3.05) is 0 Å². The SMILES string of the molecule is c1ccc(-c2cc(-c3ccc(-c4nc(-c5ccccc5)nc(-c5ccccc5)n4)cc3)c(-c3ccccc3)c(-c3ccc4c(c3)-c3ccccc3C4(c3ccccc3)c3ccccc3)c2)cc1. The van der Waals surface area contributed by atoms with E-state index in [0.29, 0.717) is 17.5 Å². The summed E-state index contributed by atoms with van der Waals surface area (Å²) in [5.41, 5.74) is 19.1. The summed E-state index contributed by atoms with van der Waals surface area (Å²) in [7, 11) is 0. The van der Waals surface area contributed by atoms with Gasteiger partial charge in [-0.3, -0.25) is 0 Å². The fourth-order valence-electron chi connectivity index (χ4n) is 10.2. The molecule has 0 saturated carbocycles. The van der Waals surface area contributed by atoms with Crippen LogP contribution in [0.5, 0.6) is 0 Å². The normalized spacial score (nSPS) is 12.3. The van der Waals surface area contributed by atoms with Gasteiger partial charge in [-0.2, -0.15) is 0 Å². The van der Waals surface area contributed by atoms with Crippen molar-refractivity contribution >= 4 is 0 Å². The van der Waals surface area contributed by atoms with Gasteiger partial charge in [0.15, 0.2) is 17.5 Å². The molecule has 11 aromatic rings. The number of hydrogen-bond donors (Lipinski definition) is 0. The maximum absolute atomic E-state index is 5.05. The van der Waals surface area contributed by atoms with E-state index in [1.165, 1.54) is 44.5 Å². The third-order valence-corrected chi connectivity index (χ3v) is 13.2. The Bertz CT molecular complexity index is 3420. The molecule has 0 aliphatic heterocycles. The first-order valence-corrected chi connectivity index (χ1v) is 22.8. The van der Waals surface area contributed by atoms with E-state index >= 15 is 0 Å². The summed E-state index contributed by atoms with van der Waals surface area (Å²) in [6, 6.07) is 93.5. The summed E-state index contributed by atoms with van der Waals surface area (Å²) in [6.45, 7) is 0. The predicted molar refractivity (Wildman–Crippen MR) is 275 cm³/mol. The van der Waals surface area contributed by atoms with Crippen LogP contribution in [0.1, 0.15) is 22.3 Å². The van der Waals surface area contributed by atoms with Crippen molar-refractivity contribution in [3.63, 3.8) is 0 Å². The van der Waals surface area contributed by atoms with Crippen LogP contribution in [0.3, 0.4) is 0 Å². The number of fused-ring (bicyclic) bond motifs is 3. The molecule has 0 spiro atoms. The fourth-order valence-corrected chi connectivity index (χ4v) is 10.2. The molecule has 0 unspecified atom stereocenters.